The molecular weight excluding hydrogens is 621 g/mol. The Bertz CT molecular complexity index is 2780. The Kier molecular flexibility index (Phi) is 5.98. The van der Waals surface area contributed by atoms with Crippen LogP contribution in [0.4, 0.5) is 11.4 Å². The van der Waals surface area contributed by atoms with Crippen LogP contribution in [-0.2, 0) is 0 Å². The van der Waals surface area contributed by atoms with Crippen molar-refractivity contribution in [2.45, 2.75) is 6.17 Å². The molecule has 0 radical (unpaired) electrons. The fourth-order valence-corrected chi connectivity index (χ4v) is 8.36. The van der Waals surface area contributed by atoms with Crippen LogP contribution >= 0.6 is 0 Å². The Labute approximate surface area is 295 Å². The van der Waals surface area contributed by atoms with Gasteiger partial charge in [-0.2, -0.15) is 0 Å². The van der Waals surface area contributed by atoms with E-state index in [0.29, 0.717) is 0 Å². The first-order valence-corrected chi connectivity index (χ1v) is 17.6. The summed E-state index contributed by atoms with van der Waals surface area (Å²) < 4.78 is 4.75. The van der Waals surface area contributed by atoms with Gasteiger partial charge in [0.1, 0.15) is 6.17 Å². The van der Waals surface area contributed by atoms with Crippen molar-refractivity contribution in [1.29, 1.82) is 0 Å². The molecule has 0 spiro atoms. The third-order valence-corrected chi connectivity index (χ3v) is 10.7. The molecule has 4 heteroatoms. The summed E-state index contributed by atoms with van der Waals surface area (Å²) in [5.74, 6) is 0. The van der Waals surface area contributed by atoms with E-state index in [2.05, 4.69) is 202 Å². The molecule has 2 aromatic heterocycles. The number of hydrogen-bond acceptors (Lipinski definition) is 2. The average Bonchev–Trinajstić information content (AvgIpc) is 3.86. The summed E-state index contributed by atoms with van der Waals surface area (Å²) in [5, 5.41) is 8.90. The van der Waals surface area contributed by atoms with Crippen molar-refractivity contribution in [1.82, 2.24) is 9.13 Å². The number of nitrogens with zero attached hydrogens (tertiary/aromatic N) is 3. The number of rotatable bonds is 4. The first kappa shape index (κ1) is 28.1. The van der Waals surface area contributed by atoms with Crippen LogP contribution in [0.2, 0.25) is 0 Å². The zero-order valence-electron chi connectivity index (χ0n) is 27.7. The van der Waals surface area contributed by atoms with E-state index in [-0.39, 0.29) is 6.17 Å². The van der Waals surface area contributed by atoms with Crippen LogP contribution in [0.1, 0.15) is 0 Å². The van der Waals surface area contributed by atoms with Gasteiger partial charge in [0.05, 0.1) is 33.4 Å². The first-order valence-electron chi connectivity index (χ1n) is 17.6. The van der Waals surface area contributed by atoms with Crippen LogP contribution in [0, 0.1) is 0 Å². The van der Waals surface area contributed by atoms with Crippen molar-refractivity contribution in [2.75, 3.05) is 10.2 Å². The van der Waals surface area contributed by atoms with E-state index >= 15 is 0 Å². The topological polar surface area (TPSA) is 25.1 Å². The Morgan fingerprint density at radius 1 is 0.431 bits per heavy atom. The lowest BCUT2D eigenvalue weighted by Crippen LogP contribution is -2.30. The molecule has 2 aliphatic rings. The summed E-state index contributed by atoms with van der Waals surface area (Å²) in [4.78, 5) is 2.33. The number of aromatic nitrogens is 2. The summed E-state index contributed by atoms with van der Waals surface area (Å²) in [5.41, 5.74) is 14.3. The minimum atomic E-state index is 0.0913. The molecule has 4 heterocycles. The van der Waals surface area contributed by atoms with Crippen molar-refractivity contribution in [3.05, 3.63) is 182 Å². The Hall–Kier alpha value is -6.78. The van der Waals surface area contributed by atoms with Gasteiger partial charge < -0.3 is 19.4 Å². The maximum atomic E-state index is 3.81. The van der Waals surface area contributed by atoms with Gasteiger partial charge in [-0.05, 0) is 89.5 Å². The normalized spacial score (nSPS) is 14.8. The minimum Gasteiger partial charge on any atom is -0.359 e. The van der Waals surface area contributed by atoms with Gasteiger partial charge in [0, 0.05) is 44.7 Å². The third kappa shape index (κ3) is 4.20. The van der Waals surface area contributed by atoms with Crippen LogP contribution in [0.3, 0.4) is 0 Å². The van der Waals surface area contributed by atoms with Gasteiger partial charge in [0.15, 0.2) is 0 Å². The Balaban J connectivity index is 1.03. The van der Waals surface area contributed by atoms with Gasteiger partial charge in [-0.3, -0.25) is 0 Å². The van der Waals surface area contributed by atoms with Gasteiger partial charge in [-0.1, -0.05) is 103 Å². The van der Waals surface area contributed by atoms with Crippen molar-refractivity contribution >= 4 is 55.0 Å². The van der Waals surface area contributed by atoms with E-state index < -0.39 is 0 Å². The zero-order chi connectivity index (χ0) is 33.5. The second kappa shape index (κ2) is 10.9. The van der Waals surface area contributed by atoms with Crippen LogP contribution in [0.5, 0.6) is 0 Å². The lowest BCUT2D eigenvalue weighted by molar-refractivity contribution is 0.908. The second-order valence-electron chi connectivity index (χ2n) is 13.5. The summed E-state index contributed by atoms with van der Waals surface area (Å²) >= 11 is 0. The zero-order valence-corrected chi connectivity index (χ0v) is 27.7. The number of para-hydroxylation sites is 4. The lowest BCUT2D eigenvalue weighted by atomic mass is 9.96. The van der Waals surface area contributed by atoms with E-state index in [0.717, 1.165) is 17.1 Å². The molecule has 0 aliphatic carbocycles. The fourth-order valence-electron chi connectivity index (χ4n) is 8.36. The number of fused-ring (bicyclic) bond motifs is 9. The highest BCUT2D eigenvalue weighted by Crippen LogP contribution is 2.47. The number of nitrogens with one attached hydrogen (secondary N) is 1. The molecule has 1 unspecified atom stereocenters. The number of allylic oxidation sites excluding steroid dienone is 2. The van der Waals surface area contributed by atoms with Crippen LogP contribution in [0.25, 0.3) is 77.2 Å². The fraction of sp³-hybridized carbons (Fsp3) is 0.0213. The average molecular weight is 653 g/mol. The maximum absolute atomic E-state index is 3.81. The minimum absolute atomic E-state index is 0.0913. The number of hydrogen-bond donors (Lipinski definition) is 1. The van der Waals surface area contributed by atoms with Crippen LogP contribution < -0.4 is 10.2 Å². The maximum Gasteiger partial charge on any atom is 0.123 e. The molecule has 0 fully saturated rings. The molecule has 0 saturated carbocycles. The highest BCUT2D eigenvalue weighted by atomic mass is 15.3. The van der Waals surface area contributed by atoms with E-state index in [1.165, 1.54) is 71.6 Å². The lowest BCUT2D eigenvalue weighted by Gasteiger charge is -2.22. The molecule has 1 atom stereocenters. The third-order valence-electron chi connectivity index (χ3n) is 10.7. The monoisotopic (exact) mass is 652 g/mol. The summed E-state index contributed by atoms with van der Waals surface area (Å²) in [7, 11) is 0. The molecule has 0 bridgehead atoms. The van der Waals surface area contributed by atoms with Crippen molar-refractivity contribution in [2.24, 2.45) is 0 Å². The molecule has 4 nitrogen and oxygen atoms in total. The van der Waals surface area contributed by atoms with Gasteiger partial charge in [-0.15, -0.1) is 0 Å². The van der Waals surface area contributed by atoms with Crippen molar-refractivity contribution in [3.63, 3.8) is 0 Å². The Morgan fingerprint density at radius 3 is 1.41 bits per heavy atom. The molecule has 11 rings (SSSR count). The summed E-state index contributed by atoms with van der Waals surface area (Å²) in [6.45, 7) is 0. The smallest absolute Gasteiger partial charge is 0.123 e. The van der Waals surface area contributed by atoms with Gasteiger partial charge >= 0.3 is 0 Å². The SMILES string of the molecule is C1=CC2Nc3c(-c4ccc(-n5c6ccccc6c6ccccc65)cc4)cc(-c4ccc(-n5c6ccccc6c6ccccc65)cc4)cc3N2C=C1. The Morgan fingerprint density at radius 2 is 0.902 bits per heavy atom. The predicted octanol–water partition coefficient (Wildman–Crippen LogP) is 11.9. The molecular formula is C47H32N4. The largest absolute Gasteiger partial charge is 0.359 e. The van der Waals surface area contributed by atoms with E-state index in [9.17, 15) is 0 Å². The van der Waals surface area contributed by atoms with E-state index in [1.807, 2.05) is 0 Å². The molecule has 0 amide bonds. The number of anilines is 2. The first-order chi connectivity index (χ1) is 25.3. The van der Waals surface area contributed by atoms with Gasteiger partial charge in [0.25, 0.3) is 0 Å². The van der Waals surface area contributed by atoms with Gasteiger partial charge in [0.2, 0.25) is 0 Å². The molecule has 7 aromatic carbocycles. The quantitative estimate of drug-likeness (QED) is 0.205. The second-order valence-corrected chi connectivity index (χ2v) is 13.5. The molecule has 0 saturated heterocycles. The standard InChI is InChI=1S/C47H32N4/c1-5-15-41-36(11-1)37-12-2-6-16-42(37)50(41)34-24-20-31(21-25-34)33-29-40(47-45(30-33)49-28-10-9-19-46(49)48-47)32-22-26-35(27-23-32)51-43-17-7-3-13-38(43)39-14-4-8-18-44(39)51/h1-30,46,48H. The highest BCUT2D eigenvalue weighted by molar-refractivity contribution is 6.10. The molecule has 51 heavy (non-hydrogen) atoms. The van der Waals surface area contributed by atoms with Crippen LogP contribution in [-0.4, -0.2) is 15.3 Å². The number of benzene rings is 7. The van der Waals surface area contributed by atoms with E-state index in [4.69, 9.17) is 0 Å². The molecule has 1 N–H and O–H groups in total. The van der Waals surface area contributed by atoms with Crippen molar-refractivity contribution in [3.8, 4) is 33.6 Å². The molecule has 240 valence electrons. The predicted molar refractivity (Wildman–Crippen MR) is 214 cm³/mol. The van der Waals surface area contributed by atoms with Crippen LogP contribution in [0.15, 0.2) is 182 Å². The molecule has 2 aliphatic heterocycles. The van der Waals surface area contributed by atoms with Gasteiger partial charge in [-0.25, -0.2) is 0 Å². The van der Waals surface area contributed by atoms with Crippen molar-refractivity contribution < 1.29 is 0 Å². The summed E-state index contributed by atoms with van der Waals surface area (Å²) in [6, 6.07) is 57.5. The van der Waals surface area contributed by atoms with E-state index in [1.54, 1.807) is 0 Å². The molecule has 9 aromatic rings. The summed E-state index contributed by atoms with van der Waals surface area (Å²) in [6.07, 6.45) is 8.71. The highest BCUT2D eigenvalue weighted by Gasteiger charge is 2.30.